The average Bonchev–Trinajstić information content (AvgIpc) is 2.35. The minimum Gasteiger partial charge on any atom is -0.394 e. The van der Waals surface area contributed by atoms with Crippen LogP contribution in [-0.2, 0) is 6.42 Å². The number of aryl methyl sites for hydroxylation is 1. The van der Waals surface area contributed by atoms with Crippen molar-refractivity contribution in [3.63, 3.8) is 0 Å². The van der Waals surface area contributed by atoms with Gasteiger partial charge in [0, 0.05) is 0 Å². The van der Waals surface area contributed by atoms with Gasteiger partial charge in [0.1, 0.15) is 0 Å². The van der Waals surface area contributed by atoms with Crippen LogP contribution in [0.4, 0.5) is 0 Å². The largest absolute Gasteiger partial charge is 0.394 e. The maximum atomic E-state index is 9.29. The van der Waals surface area contributed by atoms with Gasteiger partial charge in [0.25, 0.3) is 0 Å². The number of benzene rings is 1. The van der Waals surface area contributed by atoms with E-state index in [2.05, 4.69) is 48.3 Å². The summed E-state index contributed by atoms with van der Waals surface area (Å²) in [5.74, 6) is 5.76. The Bertz CT molecular complexity index is 359. The molecular weight excluding hydrogens is 198 g/mol. The van der Waals surface area contributed by atoms with E-state index in [1.165, 1.54) is 5.56 Å². The highest BCUT2D eigenvalue weighted by Crippen LogP contribution is 2.13. The van der Waals surface area contributed by atoms with E-state index in [4.69, 9.17) is 0 Å². The molecule has 0 aliphatic carbocycles. The summed E-state index contributed by atoms with van der Waals surface area (Å²) in [7, 11) is 0. The SMILES string of the molecule is CC#CCNC(CO)c1ccc(CC)cc1. The molecule has 0 saturated carbocycles. The second-order valence-corrected chi connectivity index (χ2v) is 3.64. The van der Waals surface area contributed by atoms with Gasteiger partial charge in [-0.1, -0.05) is 37.1 Å². The first kappa shape index (κ1) is 12.8. The summed E-state index contributed by atoms with van der Waals surface area (Å²) in [6.07, 6.45) is 1.04. The quantitative estimate of drug-likeness (QED) is 0.738. The topological polar surface area (TPSA) is 32.3 Å². The minimum atomic E-state index is -0.0215. The average molecular weight is 217 g/mol. The molecule has 1 unspecified atom stereocenters. The van der Waals surface area contributed by atoms with Crippen LogP contribution < -0.4 is 5.32 Å². The molecule has 0 aromatic heterocycles. The Morgan fingerprint density at radius 3 is 2.50 bits per heavy atom. The summed E-state index contributed by atoms with van der Waals surface area (Å²) < 4.78 is 0. The molecule has 0 amide bonds. The number of rotatable bonds is 5. The van der Waals surface area contributed by atoms with Gasteiger partial charge in [-0.3, -0.25) is 5.32 Å². The Kier molecular flexibility index (Phi) is 5.63. The van der Waals surface area contributed by atoms with E-state index >= 15 is 0 Å². The minimum absolute atomic E-state index is 0.0215. The normalized spacial score (nSPS) is 11.7. The highest BCUT2D eigenvalue weighted by molar-refractivity contribution is 5.25. The van der Waals surface area contributed by atoms with Gasteiger partial charge in [-0.15, -0.1) is 5.92 Å². The predicted molar refractivity (Wildman–Crippen MR) is 67.1 cm³/mol. The third-order valence-electron chi connectivity index (χ3n) is 2.59. The first-order valence-corrected chi connectivity index (χ1v) is 5.64. The smallest absolute Gasteiger partial charge is 0.0626 e. The predicted octanol–water partition coefficient (Wildman–Crippen LogP) is 1.90. The zero-order valence-corrected chi connectivity index (χ0v) is 9.96. The molecule has 2 heteroatoms. The summed E-state index contributed by atoms with van der Waals surface area (Å²) >= 11 is 0. The Morgan fingerprint density at radius 2 is 2.00 bits per heavy atom. The second kappa shape index (κ2) is 7.05. The first-order valence-electron chi connectivity index (χ1n) is 5.64. The fourth-order valence-corrected chi connectivity index (χ4v) is 1.54. The molecule has 0 heterocycles. The molecule has 1 rings (SSSR count). The van der Waals surface area contributed by atoms with Crippen molar-refractivity contribution in [3.05, 3.63) is 35.4 Å². The fraction of sp³-hybridized carbons (Fsp3) is 0.429. The van der Waals surface area contributed by atoms with Crippen LogP contribution in [0.1, 0.15) is 31.0 Å². The zero-order valence-electron chi connectivity index (χ0n) is 9.96. The Hall–Kier alpha value is -1.30. The van der Waals surface area contributed by atoms with Gasteiger partial charge in [0.2, 0.25) is 0 Å². The van der Waals surface area contributed by atoms with Crippen LogP contribution in [0, 0.1) is 11.8 Å². The molecule has 0 bridgehead atoms. The van der Waals surface area contributed by atoms with E-state index in [0.717, 1.165) is 12.0 Å². The Labute approximate surface area is 97.7 Å². The zero-order chi connectivity index (χ0) is 11.8. The molecule has 1 aromatic carbocycles. The molecule has 16 heavy (non-hydrogen) atoms. The summed E-state index contributed by atoms with van der Waals surface area (Å²) in [6, 6.07) is 8.31. The maximum absolute atomic E-state index is 9.29. The number of hydrogen-bond acceptors (Lipinski definition) is 2. The van der Waals surface area contributed by atoms with Crippen molar-refractivity contribution in [2.75, 3.05) is 13.2 Å². The van der Waals surface area contributed by atoms with Gasteiger partial charge in [0.05, 0.1) is 19.2 Å². The summed E-state index contributed by atoms with van der Waals surface area (Å²) in [6.45, 7) is 4.65. The van der Waals surface area contributed by atoms with Crippen LogP contribution in [0.25, 0.3) is 0 Å². The van der Waals surface area contributed by atoms with E-state index in [1.54, 1.807) is 0 Å². The molecule has 0 aliphatic heterocycles. The number of hydrogen-bond donors (Lipinski definition) is 2. The van der Waals surface area contributed by atoms with Crippen LogP contribution in [0.3, 0.4) is 0 Å². The van der Waals surface area contributed by atoms with E-state index in [-0.39, 0.29) is 12.6 Å². The molecule has 1 aromatic rings. The molecule has 0 aliphatic rings. The highest BCUT2D eigenvalue weighted by Gasteiger charge is 2.07. The molecular formula is C14H19NO. The van der Waals surface area contributed by atoms with Gasteiger partial charge < -0.3 is 5.11 Å². The lowest BCUT2D eigenvalue weighted by Crippen LogP contribution is -2.24. The van der Waals surface area contributed by atoms with Gasteiger partial charge >= 0.3 is 0 Å². The van der Waals surface area contributed by atoms with Gasteiger partial charge in [-0.05, 0) is 24.5 Å². The van der Waals surface area contributed by atoms with Crippen molar-refractivity contribution in [3.8, 4) is 11.8 Å². The lowest BCUT2D eigenvalue weighted by molar-refractivity contribution is 0.248. The van der Waals surface area contributed by atoms with E-state index in [0.29, 0.717) is 6.54 Å². The molecule has 1 atom stereocenters. The Morgan fingerprint density at radius 1 is 1.31 bits per heavy atom. The van der Waals surface area contributed by atoms with Crippen LogP contribution in [0.15, 0.2) is 24.3 Å². The number of aliphatic hydroxyl groups is 1. The van der Waals surface area contributed by atoms with Crippen molar-refractivity contribution < 1.29 is 5.11 Å². The fourth-order valence-electron chi connectivity index (χ4n) is 1.54. The third kappa shape index (κ3) is 3.69. The standard InChI is InChI=1S/C14H19NO/c1-3-5-10-15-14(11-16)13-8-6-12(4-2)7-9-13/h6-9,14-16H,4,10-11H2,1-2H3. The third-order valence-corrected chi connectivity index (χ3v) is 2.59. The lowest BCUT2D eigenvalue weighted by Gasteiger charge is -2.15. The molecule has 2 N–H and O–H groups in total. The van der Waals surface area contributed by atoms with Crippen LogP contribution in [-0.4, -0.2) is 18.3 Å². The van der Waals surface area contributed by atoms with Crippen LogP contribution >= 0.6 is 0 Å². The van der Waals surface area contributed by atoms with Crippen LogP contribution in [0.5, 0.6) is 0 Å². The van der Waals surface area contributed by atoms with Crippen molar-refractivity contribution in [1.29, 1.82) is 0 Å². The van der Waals surface area contributed by atoms with Crippen LogP contribution in [0.2, 0.25) is 0 Å². The van der Waals surface area contributed by atoms with Gasteiger partial charge in [0.15, 0.2) is 0 Å². The van der Waals surface area contributed by atoms with Crippen molar-refractivity contribution >= 4 is 0 Å². The van der Waals surface area contributed by atoms with E-state index in [1.807, 2.05) is 6.92 Å². The van der Waals surface area contributed by atoms with Crippen molar-refractivity contribution in [2.45, 2.75) is 26.3 Å². The van der Waals surface area contributed by atoms with Crippen molar-refractivity contribution in [2.24, 2.45) is 0 Å². The van der Waals surface area contributed by atoms with E-state index in [9.17, 15) is 5.11 Å². The molecule has 0 saturated heterocycles. The number of nitrogens with one attached hydrogen (secondary N) is 1. The maximum Gasteiger partial charge on any atom is 0.0626 e. The summed E-state index contributed by atoms with van der Waals surface area (Å²) in [5, 5.41) is 12.5. The second-order valence-electron chi connectivity index (χ2n) is 3.64. The molecule has 2 nitrogen and oxygen atoms in total. The number of aliphatic hydroxyl groups excluding tert-OH is 1. The summed E-state index contributed by atoms with van der Waals surface area (Å²) in [5.41, 5.74) is 2.42. The van der Waals surface area contributed by atoms with Crippen molar-refractivity contribution in [1.82, 2.24) is 5.32 Å². The molecule has 86 valence electrons. The Balaban J connectivity index is 2.65. The molecule has 0 spiro atoms. The van der Waals surface area contributed by atoms with Gasteiger partial charge in [-0.2, -0.15) is 0 Å². The summed E-state index contributed by atoms with van der Waals surface area (Å²) in [4.78, 5) is 0. The van der Waals surface area contributed by atoms with E-state index < -0.39 is 0 Å². The lowest BCUT2D eigenvalue weighted by atomic mass is 10.0. The monoisotopic (exact) mass is 217 g/mol. The molecule has 0 fully saturated rings. The first-order chi connectivity index (χ1) is 7.81. The van der Waals surface area contributed by atoms with Gasteiger partial charge in [-0.25, -0.2) is 0 Å². The molecule has 0 radical (unpaired) electrons. The highest BCUT2D eigenvalue weighted by atomic mass is 16.3.